The molecule has 0 heterocycles. The summed E-state index contributed by atoms with van der Waals surface area (Å²) >= 11 is 0. The zero-order valence-electron chi connectivity index (χ0n) is 8.84. The van der Waals surface area contributed by atoms with E-state index < -0.39 is 0 Å². The highest BCUT2D eigenvalue weighted by Gasteiger charge is 2.04. The van der Waals surface area contributed by atoms with Crippen molar-refractivity contribution in [2.75, 3.05) is 0 Å². The van der Waals surface area contributed by atoms with Crippen LogP contribution in [-0.4, -0.2) is 0 Å². The minimum atomic E-state index is 1.16. The van der Waals surface area contributed by atoms with Crippen LogP contribution in [0.5, 0.6) is 0 Å². The molecule has 0 atom stereocenters. The van der Waals surface area contributed by atoms with Crippen LogP contribution in [0.3, 0.4) is 0 Å². The number of rotatable bonds is 4. The van der Waals surface area contributed by atoms with Gasteiger partial charge in [0.25, 0.3) is 0 Å². The molecule has 0 aromatic rings. The van der Waals surface area contributed by atoms with Crippen LogP contribution < -0.4 is 0 Å². The summed E-state index contributed by atoms with van der Waals surface area (Å²) in [6.07, 6.45) is 15.2. The Bertz CT molecular complexity index is 228. The quantitative estimate of drug-likeness (QED) is 0.595. The molecule has 0 radical (unpaired) electrons. The Morgan fingerprint density at radius 3 is 2.85 bits per heavy atom. The summed E-state index contributed by atoms with van der Waals surface area (Å²) in [5.41, 5.74) is 3.14. The van der Waals surface area contributed by atoms with Gasteiger partial charge in [-0.2, -0.15) is 0 Å². The minimum Gasteiger partial charge on any atom is -0.0842 e. The van der Waals surface area contributed by atoms with Gasteiger partial charge in [0.2, 0.25) is 0 Å². The topological polar surface area (TPSA) is 0 Å². The van der Waals surface area contributed by atoms with Crippen molar-refractivity contribution < 1.29 is 0 Å². The van der Waals surface area contributed by atoms with Crippen molar-refractivity contribution in [3.8, 4) is 0 Å². The van der Waals surface area contributed by atoms with E-state index in [-0.39, 0.29) is 0 Å². The largest absolute Gasteiger partial charge is 0.0842 e. The molecule has 0 nitrogen and oxygen atoms in total. The second-order valence-electron chi connectivity index (χ2n) is 3.55. The molecule has 0 aromatic carbocycles. The molecule has 0 amide bonds. The van der Waals surface area contributed by atoms with Crippen molar-refractivity contribution in [2.24, 2.45) is 0 Å². The zero-order chi connectivity index (χ0) is 9.52. The lowest BCUT2D eigenvalue weighted by Crippen LogP contribution is -1.93. The summed E-state index contributed by atoms with van der Waals surface area (Å²) in [5.74, 6) is 0. The molecule has 0 aliphatic heterocycles. The lowest BCUT2D eigenvalue weighted by molar-refractivity contribution is 0.863. The maximum Gasteiger partial charge on any atom is -0.0241 e. The first kappa shape index (κ1) is 10.3. The third-order valence-corrected chi connectivity index (χ3v) is 2.40. The Morgan fingerprint density at radius 2 is 2.31 bits per heavy atom. The summed E-state index contributed by atoms with van der Waals surface area (Å²) < 4.78 is 0. The SMILES string of the molecule is CCC=C(CCC)C1=CC=CCC1. The summed E-state index contributed by atoms with van der Waals surface area (Å²) in [6, 6.07) is 0. The molecule has 1 rings (SSSR count). The van der Waals surface area contributed by atoms with Gasteiger partial charge in [0.1, 0.15) is 0 Å². The molecule has 0 N–H and O–H groups in total. The normalized spacial score (nSPS) is 17.4. The van der Waals surface area contributed by atoms with Crippen LogP contribution in [-0.2, 0) is 0 Å². The molecule has 0 saturated carbocycles. The highest BCUT2D eigenvalue weighted by molar-refractivity contribution is 5.35. The number of allylic oxidation sites excluding steroid dienone is 6. The number of hydrogen-bond donors (Lipinski definition) is 0. The smallest absolute Gasteiger partial charge is 0.0241 e. The molecule has 0 spiro atoms. The maximum atomic E-state index is 2.38. The van der Waals surface area contributed by atoms with E-state index in [1.807, 2.05) is 0 Å². The molecule has 0 aromatic heterocycles. The first-order valence-corrected chi connectivity index (χ1v) is 5.43. The van der Waals surface area contributed by atoms with Gasteiger partial charge in [0.05, 0.1) is 0 Å². The van der Waals surface area contributed by atoms with Gasteiger partial charge < -0.3 is 0 Å². The van der Waals surface area contributed by atoms with Gasteiger partial charge >= 0.3 is 0 Å². The predicted octanol–water partition coefficient (Wildman–Crippen LogP) is 4.40. The second-order valence-corrected chi connectivity index (χ2v) is 3.55. The maximum absolute atomic E-state index is 2.38. The third-order valence-electron chi connectivity index (χ3n) is 2.40. The molecule has 1 aliphatic carbocycles. The Kier molecular flexibility index (Phi) is 4.59. The van der Waals surface area contributed by atoms with Gasteiger partial charge in [0, 0.05) is 0 Å². The fourth-order valence-corrected chi connectivity index (χ4v) is 1.78. The summed E-state index contributed by atoms with van der Waals surface area (Å²) in [7, 11) is 0. The van der Waals surface area contributed by atoms with Crippen molar-refractivity contribution in [3.63, 3.8) is 0 Å². The first-order valence-electron chi connectivity index (χ1n) is 5.43. The average Bonchev–Trinajstić information content (AvgIpc) is 2.19. The summed E-state index contributed by atoms with van der Waals surface area (Å²) in [6.45, 7) is 4.47. The molecule has 0 bridgehead atoms. The van der Waals surface area contributed by atoms with Gasteiger partial charge in [-0.05, 0) is 36.8 Å². The molecular formula is C13H20. The fraction of sp³-hybridized carbons (Fsp3) is 0.538. The standard InChI is InChI=1S/C13H20/c1-3-8-12(9-4-2)13-10-6-5-7-11-13/h5-6,8,10H,3-4,7,9,11H2,1-2H3. The van der Waals surface area contributed by atoms with E-state index in [1.54, 1.807) is 11.1 Å². The van der Waals surface area contributed by atoms with Crippen LogP contribution in [0.25, 0.3) is 0 Å². The molecule has 72 valence electrons. The van der Waals surface area contributed by atoms with Crippen molar-refractivity contribution in [3.05, 3.63) is 35.5 Å². The fourth-order valence-electron chi connectivity index (χ4n) is 1.78. The summed E-state index contributed by atoms with van der Waals surface area (Å²) in [4.78, 5) is 0. The molecule has 13 heavy (non-hydrogen) atoms. The van der Waals surface area contributed by atoms with Crippen LogP contribution in [0.2, 0.25) is 0 Å². The zero-order valence-corrected chi connectivity index (χ0v) is 8.84. The Labute approximate surface area is 82.0 Å². The van der Waals surface area contributed by atoms with Crippen LogP contribution in [0, 0.1) is 0 Å². The van der Waals surface area contributed by atoms with Crippen molar-refractivity contribution in [2.45, 2.75) is 46.0 Å². The Balaban J connectivity index is 2.68. The molecule has 0 unspecified atom stereocenters. The molecule has 0 heteroatoms. The van der Waals surface area contributed by atoms with Gasteiger partial charge in [-0.3, -0.25) is 0 Å². The molecule has 0 fully saturated rings. The highest BCUT2D eigenvalue weighted by atomic mass is 14.1. The highest BCUT2D eigenvalue weighted by Crippen LogP contribution is 2.24. The molecule has 0 saturated heterocycles. The van der Waals surface area contributed by atoms with Crippen molar-refractivity contribution in [1.29, 1.82) is 0 Å². The van der Waals surface area contributed by atoms with Crippen LogP contribution in [0.4, 0.5) is 0 Å². The van der Waals surface area contributed by atoms with Crippen molar-refractivity contribution >= 4 is 0 Å². The first-order chi connectivity index (χ1) is 6.38. The van der Waals surface area contributed by atoms with Crippen LogP contribution >= 0.6 is 0 Å². The van der Waals surface area contributed by atoms with E-state index in [0.717, 1.165) is 6.42 Å². The monoisotopic (exact) mass is 176 g/mol. The molecular weight excluding hydrogens is 156 g/mol. The minimum absolute atomic E-state index is 1.16. The van der Waals surface area contributed by atoms with E-state index in [4.69, 9.17) is 0 Å². The van der Waals surface area contributed by atoms with Crippen molar-refractivity contribution in [1.82, 2.24) is 0 Å². The van der Waals surface area contributed by atoms with Gasteiger partial charge in [-0.25, -0.2) is 0 Å². The second kappa shape index (κ2) is 5.80. The van der Waals surface area contributed by atoms with E-state index in [2.05, 4.69) is 38.2 Å². The average molecular weight is 176 g/mol. The Morgan fingerprint density at radius 1 is 1.46 bits per heavy atom. The van der Waals surface area contributed by atoms with E-state index in [0.29, 0.717) is 0 Å². The predicted molar refractivity (Wildman–Crippen MR) is 59.7 cm³/mol. The van der Waals surface area contributed by atoms with Gasteiger partial charge in [-0.1, -0.05) is 44.6 Å². The van der Waals surface area contributed by atoms with Gasteiger partial charge in [-0.15, -0.1) is 0 Å². The van der Waals surface area contributed by atoms with E-state index in [1.165, 1.54) is 25.7 Å². The van der Waals surface area contributed by atoms with Gasteiger partial charge in [0.15, 0.2) is 0 Å². The lowest BCUT2D eigenvalue weighted by Gasteiger charge is -2.12. The van der Waals surface area contributed by atoms with Crippen LogP contribution in [0.15, 0.2) is 35.5 Å². The third kappa shape index (κ3) is 3.22. The van der Waals surface area contributed by atoms with Crippen LogP contribution in [0.1, 0.15) is 46.0 Å². The lowest BCUT2D eigenvalue weighted by atomic mass is 9.93. The van der Waals surface area contributed by atoms with E-state index >= 15 is 0 Å². The molecule has 1 aliphatic rings. The Hall–Kier alpha value is -0.780. The van der Waals surface area contributed by atoms with E-state index in [9.17, 15) is 0 Å². The summed E-state index contributed by atoms with van der Waals surface area (Å²) in [5, 5.41) is 0. The number of hydrogen-bond acceptors (Lipinski definition) is 0.